The molecule has 1 unspecified atom stereocenters. The highest BCUT2D eigenvalue weighted by molar-refractivity contribution is 9.10. The fourth-order valence-electron chi connectivity index (χ4n) is 2.86. The summed E-state index contributed by atoms with van der Waals surface area (Å²) in [5.74, 6) is 0.451. The maximum Gasteiger partial charge on any atom is 0.251 e. The van der Waals surface area contributed by atoms with Crippen molar-refractivity contribution in [2.75, 3.05) is 11.1 Å². The van der Waals surface area contributed by atoms with Crippen LogP contribution in [0.15, 0.2) is 58.2 Å². The van der Waals surface area contributed by atoms with E-state index in [9.17, 15) is 9.59 Å². The van der Waals surface area contributed by atoms with E-state index in [0.717, 1.165) is 10.2 Å². The molecule has 2 N–H and O–H groups in total. The maximum absolute atomic E-state index is 12.5. The third-order valence-corrected chi connectivity index (χ3v) is 6.06. The number of hydrogen-bond acceptors (Lipinski definition) is 5. The molecule has 10 heteroatoms. The Morgan fingerprint density at radius 1 is 1.19 bits per heavy atom. The molecule has 3 rings (SSSR count). The molecule has 0 fully saturated rings. The number of rotatable bonds is 8. The summed E-state index contributed by atoms with van der Waals surface area (Å²) in [6.45, 7) is 4.42. The molecular weight excluding hydrogens is 502 g/mol. The molecule has 162 valence electrons. The fourth-order valence-corrected chi connectivity index (χ4v) is 4.20. The second-order valence-corrected chi connectivity index (χ2v) is 8.93. The molecule has 2 aromatic carbocycles. The number of thioether (sulfide) groups is 1. The van der Waals surface area contributed by atoms with Gasteiger partial charge in [-0.1, -0.05) is 45.4 Å². The second kappa shape index (κ2) is 10.8. The zero-order valence-corrected chi connectivity index (χ0v) is 20.1. The van der Waals surface area contributed by atoms with E-state index in [1.165, 1.54) is 11.8 Å². The lowest BCUT2D eigenvalue weighted by molar-refractivity contribution is -0.113. The lowest BCUT2D eigenvalue weighted by Gasteiger charge is -2.15. The van der Waals surface area contributed by atoms with Gasteiger partial charge in [-0.2, -0.15) is 0 Å². The number of hydrogen-bond donors (Lipinski definition) is 2. The monoisotopic (exact) mass is 521 g/mol. The number of anilines is 1. The minimum Gasteiger partial charge on any atom is -0.342 e. The first-order chi connectivity index (χ1) is 14.9. The van der Waals surface area contributed by atoms with E-state index >= 15 is 0 Å². The van der Waals surface area contributed by atoms with Gasteiger partial charge >= 0.3 is 0 Å². The van der Waals surface area contributed by atoms with Crippen LogP contribution in [0.5, 0.6) is 0 Å². The standard InChI is InChI=1S/C21H21BrClN5O2S/c1-3-28-19(13(2)24-20(30)14-7-9-16(23)10-8-14)26-27-21(28)31-12-18(29)25-17-6-4-5-15(22)11-17/h4-11,13H,3,12H2,1-2H3,(H,24,30)(H,25,29). The van der Waals surface area contributed by atoms with Gasteiger partial charge in [-0.05, 0) is 56.3 Å². The smallest absolute Gasteiger partial charge is 0.251 e. The van der Waals surface area contributed by atoms with Crippen LogP contribution in [0.2, 0.25) is 5.02 Å². The topological polar surface area (TPSA) is 88.9 Å². The molecule has 0 aliphatic heterocycles. The highest BCUT2D eigenvalue weighted by Crippen LogP contribution is 2.22. The Morgan fingerprint density at radius 3 is 2.61 bits per heavy atom. The highest BCUT2D eigenvalue weighted by atomic mass is 79.9. The lowest BCUT2D eigenvalue weighted by atomic mass is 10.2. The number of halogens is 2. The molecule has 0 bridgehead atoms. The van der Waals surface area contributed by atoms with Crippen molar-refractivity contribution in [2.45, 2.75) is 31.6 Å². The van der Waals surface area contributed by atoms with E-state index in [2.05, 4.69) is 36.8 Å². The van der Waals surface area contributed by atoms with E-state index < -0.39 is 0 Å². The number of nitrogens with one attached hydrogen (secondary N) is 2. The van der Waals surface area contributed by atoms with Crippen LogP contribution >= 0.6 is 39.3 Å². The van der Waals surface area contributed by atoms with Crippen molar-refractivity contribution < 1.29 is 9.59 Å². The molecule has 0 aliphatic rings. The van der Waals surface area contributed by atoms with Crippen molar-refractivity contribution >= 4 is 56.8 Å². The van der Waals surface area contributed by atoms with Crippen molar-refractivity contribution in [3.05, 3.63) is 69.4 Å². The number of nitrogens with zero attached hydrogens (tertiary/aromatic N) is 3. The summed E-state index contributed by atoms with van der Waals surface area (Å²) in [6.07, 6.45) is 0. The molecule has 7 nitrogen and oxygen atoms in total. The first-order valence-electron chi connectivity index (χ1n) is 9.55. The van der Waals surface area contributed by atoms with E-state index in [4.69, 9.17) is 11.6 Å². The van der Waals surface area contributed by atoms with Crippen LogP contribution in [0.4, 0.5) is 5.69 Å². The molecule has 0 spiro atoms. The molecule has 0 saturated carbocycles. The Kier molecular flexibility index (Phi) is 8.11. The molecule has 31 heavy (non-hydrogen) atoms. The second-order valence-electron chi connectivity index (χ2n) is 6.63. The minimum atomic E-state index is -0.361. The van der Waals surface area contributed by atoms with Gasteiger partial charge in [-0.25, -0.2) is 0 Å². The van der Waals surface area contributed by atoms with Crippen LogP contribution in [-0.4, -0.2) is 32.3 Å². The molecule has 1 aromatic heterocycles. The fraction of sp³-hybridized carbons (Fsp3) is 0.238. The van der Waals surface area contributed by atoms with Gasteiger partial charge in [-0.3, -0.25) is 9.59 Å². The zero-order valence-electron chi connectivity index (χ0n) is 16.9. The summed E-state index contributed by atoms with van der Waals surface area (Å²) in [7, 11) is 0. The third kappa shape index (κ3) is 6.32. The Morgan fingerprint density at radius 2 is 1.94 bits per heavy atom. The average Bonchev–Trinajstić information content (AvgIpc) is 3.16. The van der Waals surface area contributed by atoms with Gasteiger partial charge in [0, 0.05) is 27.3 Å². The van der Waals surface area contributed by atoms with E-state index in [-0.39, 0.29) is 23.6 Å². The predicted octanol–water partition coefficient (Wildman–Crippen LogP) is 4.94. The molecule has 1 atom stereocenters. The van der Waals surface area contributed by atoms with Gasteiger partial charge in [0.2, 0.25) is 5.91 Å². The van der Waals surface area contributed by atoms with Gasteiger partial charge in [0.15, 0.2) is 11.0 Å². The number of aromatic nitrogens is 3. The van der Waals surface area contributed by atoms with Gasteiger partial charge in [0.25, 0.3) is 5.91 Å². The summed E-state index contributed by atoms with van der Waals surface area (Å²) in [5, 5.41) is 15.4. The highest BCUT2D eigenvalue weighted by Gasteiger charge is 2.20. The lowest BCUT2D eigenvalue weighted by Crippen LogP contribution is -2.28. The maximum atomic E-state index is 12.5. The predicted molar refractivity (Wildman–Crippen MR) is 127 cm³/mol. The molecular formula is C21H21BrClN5O2S. The van der Waals surface area contributed by atoms with Crippen LogP contribution in [0.3, 0.4) is 0 Å². The van der Waals surface area contributed by atoms with Crippen LogP contribution < -0.4 is 10.6 Å². The number of carbonyl (C=O) groups is 2. The molecule has 2 amide bonds. The van der Waals surface area contributed by atoms with Crippen LogP contribution in [0, 0.1) is 0 Å². The van der Waals surface area contributed by atoms with E-state index in [1.54, 1.807) is 24.3 Å². The zero-order chi connectivity index (χ0) is 22.4. The van der Waals surface area contributed by atoms with Crippen molar-refractivity contribution in [1.82, 2.24) is 20.1 Å². The third-order valence-electron chi connectivity index (χ3n) is 4.34. The summed E-state index contributed by atoms with van der Waals surface area (Å²) in [4.78, 5) is 24.8. The summed E-state index contributed by atoms with van der Waals surface area (Å²) < 4.78 is 2.78. The first kappa shape index (κ1) is 23.3. The van der Waals surface area contributed by atoms with Gasteiger partial charge in [-0.15, -0.1) is 10.2 Å². The molecule has 3 aromatic rings. The van der Waals surface area contributed by atoms with Crippen molar-refractivity contribution in [3.8, 4) is 0 Å². The van der Waals surface area contributed by atoms with Crippen molar-refractivity contribution in [1.29, 1.82) is 0 Å². The van der Waals surface area contributed by atoms with Crippen LogP contribution in [-0.2, 0) is 11.3 Å². The van der Waals surface area contributed by atoms with Crippen molar-refractivity contribution in [3.63, 3.8) is 0 Å². The van der Waals surface area contributed by atoms with Crippen LogP contribution in [0.25, 0.3) is 0 Å². The van der Waals surface area contributed by atoms with E-state index in [0.29, 0.717) is 28.1 Å². The molecule has 1 heterocycles. The molecule has 0 radical (unpaired) electrons. The molecule has 0 saturated heterocycles. The number of amides is 2. The Labute approximate surface area is 198 Å². The average molecular weight is 523 g/mol. The van der Waals surface area contributed by atoms with E-state index in [1.807, 2.05) is 42.7 Å². The minimum absolute atomic E-state index is 0.139. The van der Waals surface area contributed by atoms with Gasteiger partial charge in [0.1, 0.15) is 0 Å². The van der Waals surface area contributed by atoms with Gasteiger partial charge in [0.05, 0.1) is 11.8 Å². The van der Waals surface area contributed by atoms with Gasteiger partial charge < -0.3 is 15.2 Å². The largest absolute Gasteiger partial charge is 0.342 e. The summed E-state index contributed by atoms with van der Waals surface area (Å²) >= 11 is 10.6. The Balaban J connectivity index is 1.62. The number of benzene rings is 2. The summed E-state index contributed by atoms with van der Waals surface area (Å²) in [5.41, 5.74) is 1.23. The molecule has 0 aliphatic carbocycles. The summed E-state index contributed by atoms with van der Waals surface area (Å²) in [6, 6.07) is 13.7. The number of carbonyl (C=O) groups excluding carboxylic acids is 2. The Bertz CT molecular complexity index is 1070. The SMILES string of the molecule is CCn1c(SCC(=O)Nc2cccc(Br)c2)nnc1C(C)NC(=O)c1ccc(Cl)cc1. The first-order valence-corrected chi connectivity index (χ1v) is 11.7. The normalized spacial score (nSPS) is 11.7. The van der Waals surface area contributed by atoms with Crippen LogP contribution in [0.1, 0.15) is 36.1 Å². The van der Waals surface area contributed by atoms with Crippen molar-refractivity contribution in [2.24, 2.45) is 0 Å². The Hall–Kier alpha value is -2.36. The quantitative estimate of drug-likeness (QED) is 0.409.